The van der Waals surface area contributed by atoms with Crippen LogP contribution in [-0.4, -0.2) is 64.4 Å². The maximum absolute atomic E-state index is 11.9. The van der Waals surface area contributed by atoms with E-state index in [2.05, 4.69) is 30.5 Å². The van der Waals surface area contributed by atoms with E-state index in [1.165, 1.54) is 0 Å². The molecule has 2 unspecified atom stereocenters. The first-order valence-corrected chi connectivity index (χ1v) is 10.4. The molecular weight excluding hydrogens is 413 g/mol. The number of nitrogens with one attached hydrogen (secondary N) is 2. The second-order valence-electron chi connectivity index (χ2n) is 6.94. The molecule has 1 saturated heterocycles. The fourth-order valence-electron chi connectivity index (χ4n) is 3.33. The van der Waals surface area contributed by atoms with Crippen LogP contribution in [0.2, 0.25) is 5.02 Å². The number of anilines is 3. The third-order valence-corrected chi connectivity index (χ3v) is 5.49. The van der Waals surface area contributed by atoms with E-state index < -0.39 is 0 Å². The molecule has 1 fully saturated rings. The summed E-state index contributed by atoms with van der Waals surface area (Å²) in [7, 11) is 1.76. The topological polar surface area (TPSA) is 86.3 Å². The van der Waals surface area contributed by atoms with Crippen molar-refractivity contribution in [2.45, 2.75) is 25.9 Å². The maximum Gasteiger partial charge on any atom is 0.237 e. The average Bonchev–Trinajstić information content (AvgIpc) is 2.72. The van der Waals surface area contributed by atoms with E-state index in [0.29, 0.717) is 42.5 Å². The first-order valence-electron chi connectivity index (χ1n) is 9.48. The van der Waals surface area contributed by atoms with E-state index in [9.17, 15) is 4.79 Å². The number of hydrogen-bond donors (Lipinski definition) is 2. The number of amides is 1. The molecule has 3 rings (SSSR count). The number of aromatic nitrogens is 3. The number of carbonyl (C=O) groups excluding carboxylic acids is 1. The zero-order valence-corrected chi connectivity index (χ0v) is 18.2. The SMILES string of the molecule is CNc1nc(NC(C)c2ccccc2Cl)nc(N2CCN(C(=O)CCl)CC2C)n1. The van der Waals surface area contributed by atoms with Crippen LogP contribution < -0.4 is 15.5 Å². The Morgan fingerprint density at radius 1 is 1.24 bits per heavy atom. The van der Waals surface area contributed by atoms with Crippen molar-refractivity contribution in [1.29, 1.82) is 0 Å². The number of rotatable bonds is 6. The van der Waals surface area contributed by atoms with Crippen LogP contribution in [0.25, 0.3) is 0 Å². The number of alkyl halides is 1. The summed E-state index contributed by atoms with van der Waals surface area (Å²) in [6.07, 6.45) is 0. The monoisotopic (exact) mass is 437 g/mol. The van der Waals surface area contributed by atoms with Crippen LogP contribution in [0.15, 0.2) is 24.3 Å². The summed E-state index contributed by atoms with van der Waals surface area (Å²) in [5.41, 5.74) is 0.962. The summed E-state index contributed by atoms with van der Waals surface area (Å²) in [5.74, 6) is 1.43. The number of carbonyl (C=O) groups is 1. The average molecular weight is 438 g/mol. The van der Waals surface area contributed by atoms with Gasteiger partial charge in [-0.15, -0.1) is 11.6 Å². The van der Waals surface area contributed by atoms with Gasteiger partial charge < -0.3 is 20.4 Å². The van der Waals surface area contributed by atoms with Crippen LogP contribution in [0.5, 0.6) is 0 Å². The molecule has 1 aliphatic rings. The summed E-state index contributed by atoms with van der Waals surface area (Å²) in [6, 6.07) is 7.64. The smallest absolute Gasteiger partial charge is 0.237 e. The highest BCUT2D eigenvalue weighted by Gasteiger charge is 2.28. The molecule has 1 aromatic heterocycles. The van der Waals surface area contributed by atoms with Gasteiger partial charge in [0.1, 0.15) is 5.88 Å². The molecule has 2 aromatic rings. The first kappa shape index (κ1) is 21.4. The highest BCUT2D eigenvalue weighted by molar-refractivity contribution is 6.31. The highest BCUT2D eigenvalue weighted by Crippen LogP contribution is 2.26. The minimum absolute atomic E-state index is 0.00359. The largest absolute Gasteiger partial charge is 0.357 e. The molecule has 2 heterocycles. The summed E-state index contributed by atoms with van der Waals surface area (Å²) in [4.78, 5) is 29.3. The Morgan fingerprint density at radius 3 is 2.62 bits per heavy atom. The van der Waals surface area contributed by atoms with Crippen LogP contribution >= 0.6 is 23.2 Å². The predicted octanol–water partition coefficient (Wildman–Crippen LogP) is 3.02. The zero-order chi connectivity index (χ0) is 21.0. The second-order valence-corrected chi connectivity index (χ2v) is 7.61. The second kappa shape index (κ2) is 9.45. The Hall–Kier alpha value is -2.32. The van der Waals surface area contributed by atoms with Gasteiger partial charge in [0.25, 0.3) is 0 Å². The standard InChI is InChI=1S/C19H25Cl2N7O/c1-12-11-27(16(29)10-20)8-9-28(12)19-25-17(22-3)24-18(26-19)23-13(2)14-6-4-5-7-15(14)21/h4-7,12-13H,8-11H2,1-3H3,(H2,22,23,24,25,26). The third kappa shape index (κ3) is 5.00. The quantitative estimate of drug-likeness (QED) is 0.671. The van der Waals surface area contributed by atoms with Crippen molar-refractivity contribution in [2.24, 2.45) is 0 Å². The van der Waals surface area contributed by atoms with E-state index in [1.54, 1.807) is 11.9 Å². The van der Waals surface area contributed by atoms with Gasteiger partial charge in [-0.1, -0.05) is 29.8 Å². The van der Waals surface area contributed by atoms with Gasteiger partial charge in [-0.2, -0.15) is 15.0 Å². The van der Waals surface area contributed by atoms with Gasteiger partial charge in [0.2, 0.25) is 23.8 Å². The van der Waals surface area contributed by atoms with Crippen LogP contribution in [-0.2, 0) is 4.79 Å². The third-order valence-electron chi connectivity index (χ3n) is 4.92. The van der Waals surface area contributed by atoms with Crippen LogP contribution in [0.4, 0.5) is 17.8 Å². The molecule has 1 aromatic carbocycles. The molecule has 0 saturated carbocycles. The van der Waals surface area contributed by atoms with Crippen molar-refractivity contribution in [3.05, 3.63) is 34.9 Å². The van der Waals surface area contributed by atoms with Crippen molar-refractivity contribution in [2.75, 3.05) is 48.1 Å². The molecule has 8 nitrogen and oxygen atoms in total. The first-order chi connectivity index (χ1) is 13.9. The molecular formula is C19H25Cl2N7O. The Bertz CT molecular complexity index is 866. The molecule has 0 radical (unpaired) electrons. The van der Waals surface area contributed by atoms with E-state index in [1.807, 2.05) is 38.1 Å². The lowest BCUT2D eigenvalue weighted by Crippen LogP contribution is -2.54. The fourth-order valence-corrected chi connectivity index (χ4v) is 3.80. The van der Waals surface area contributed by atoms with Crippen molar-refractivity contribution in [3.63, 3.8) is 0 Å². The molecule has 0 spiro atoms. The van der Waals surface area contributed by atoms with Gasteiger partial charge >= 0.3 is 0 Å². The summed E-state index contributed by atoms with van der Waals surface area (Å²) in [6.45, 7) is 5.81. The van der Waals surface area contributed by atoms with Crippen molar-refractivity contribution in [3.8, 4) is 0 Å². The molecule has 0 bridgehead atoms. The molecule has 156 valence electrons. The highest BCUT2D eigenvalue weighted by atomic mass is 35.5. The molecule has 29 heavy (non-hydrogen) atoms. The lowest BCUT2D eigenvalue weighted by atomic mass is 10.1. The van der Waals surface area contributed by atoms with Crippen LogP contribution in [0.3, 0.4) is 0 Å². The lowest BCUT2D eigenvalue weighted by molar-refractivity contribution is -0.129. The Balaban J connectivity index is 1.80. The summed E-state index contributed by atoms with van der Waals surface area (Å²) in [5, 5.41) is 6.98. The maximum atomic E-state index is 11.9. The van der Waals surface area contributed by atoms with E-state index >= 15 is 0 Å². The number of piperazine rings is 1. The van der Waals surface area contributed by atoms with Gasteiger partial charge in [-0.25, -0.2) is 0 Å². The van der Waals surface area contributed by atoms with E-state index in [0.717, 1.165) is 5.56 Å². The van der Waals surface area contributed by atoms with E-state index in [4.69, 9.17) is 23.2 Å². The molecule has 2 N–H and O–H groups in total. The Morgan fingerprint density at radius 2 is 1.97 bits per heavy atom. The van der Waals surface area contributed by atoms with Crippen molar-refractivity contribution >= 4 is 47.0 Å². The van der Waals surface area contributed by atoms with Crippen molar-refractivity contribution in [1.82, 2.24) is 19.9 Å². The lowest BCUT2D eigenvalue weighted by Gasteiger charge is -2.39. The normalized spacial score (nSPS) is 17.8. The minimum Gasteiger partial charge on any atom is -0.357 e. The van der Waals surface area contributed by atoms with Gasteiger partial charge in [0, 0.05) is 37.7 Å². The van der Waals surface area contributed by atoms with Crippen LogP contribution in [0, 0.1) is 0 Å². The number of halogens is 2. The number of benzene rings is 1. The Kier molecular flexibility index (Phi) is 6.97. The van der Waals surface area contributed by atoms with Crippen LogP contribution in [0.1, 0.15) is 25.5 Å². The molecule has 10 heteroatoms. The fraction of sp³-hybridized carbons (Fsp3) is 0.474. The predicted molar refractivity (Wildman–Crippen MR) is 117 cm³/mol. The van der Waals surface area contributed by atoms with Gasteiger partial charge in [0.15, 0.2) is 0 Å². The summed E-state index contributed by atoms with van der Waals surface area (Å²) < 4.78 is 0. The van der Waals surface area contributed by atoms with Crippen molar-refractivity contribution < 1.29 is 4.79 Å². The number of nitrogens with zero attached hydrogens (tertiary/aromatic N) is 5. The van der Waals surface area contributed by atoms with Gasteiger partial charge in [-0.05, 0) is 25.5 Å². The molecule has 0 aliphatic carbocycles. The summed E-state index contributed by atoms with van der Waals surface area (Å²) >= 11 is 12.0. The number of hydrogen-bond acceptors (Lipinski definition) is 7. The Labute approximate surface area is 180 Å². The molecule has 2 atom stereocenters. The zero-order valence-electron chi connectivity index (χ0n) is 16.7. The van der Waals surface area contributed by atoms with Gasteiger partial charge in [-0.3, -0.25) is 4.79 Å². The van der Waals surface area contributed by atoms with E-state index in [-0.39, 0.29) is 23.9 Å². The molecule has 1 amide bonds. The minimum atomic E-state index is -0.0840. The van der Waals surface area contributed by atoms with Gasteiger partial charge in [0.05, 0.1) is 6.04 Å². The molecule has 1 aliphatic heterocycles.